The van der Waals surface area contributed by atoms with Crippen molar-refractivity contribution < 1.29 is 14.3 Å². The first-order valence-electron chi connectivity index (χ1n) is 8.11. The molecule has 2 heterocycles. The molecule has 0 saturated carbocycles. The number of aromatic nitrogens is 1. The lowest BCUT2D eigenvalue weighted by atomic mass is 10.1. The highest BCUT2D eigenvalue weighted by molar-refractivity contribution is 9.12. The van der Waals surface area contributed by atoms with Gasteiger partial charge >= 0.3 is 0 Å². The molecule has 0 unspecified atom stereocenters. The van der Waals surface area contributed by atoms with Gasteiger partial charge in [-0.05, 0) is 27.6 Å². The van der Waals surface area contributed by atoms with Crippen LogP contribution in [0, 0.1) is 0 Å². The Kier molecular flexibility index (Phi) is 4.44. The van der Waals surface area contributed by atoms with Crippen molar-refractivity contribution in [2.75, 3.05) is 6.73 Å². The van der Waals surface area contributed by atoms with Crippen molar-refractivity contribution in [1.29, 1.82) is 0 Å². The number of fused-ring (bicyclic) bond motifs is 1. The third-order valence-electron chi connectivity index (χ3n) is 4.30. The normalized spacial score (nSPS) is 14.7. The Bertz CT molecular complexity index is 1020. The minimum atomic E-state index is -0.386. The molecule has 1 aliphatic heterocycles. The molecule has 0 saturated heterocycles. The summed E-state index contributed by atoms with van der Waals surface area (Å²) in [6.45, 7) is 0.242. The average molecular weight is 411 g/mol. The molecule has 1 N–H and O–H groups in total. The maximum Gasteiger partial charge on any atom is 0.270 e. The summed E-state index contributed by atoms with van der Waals surface area (Å²) in [4.78, 5) is 29.6. The fourth-order valence-corrected chi connectivity index (χ4v) is 3.60. The maximum absolute atomic E-state index is 12.8. The summed E-state index contributed by atoms with van der Waals surface area (Å²) in [5.41, 5.74) is 2.96. The summed E-state index contributed by atoms with van der Waals surface area (Å²) in [5.74, 6) is -0.747. The number of rotatable bonds is 5. The number of ether oxygens (including phenoxy) is 1. The first-order chi connectivity index (χ1) is 12.7. The highest BCUT2D eigenvalue weighted by Crippen LogP contribution is 2.36. The van der Waals surface area contributed by atoms with Gasteiger partial charge < -0.3 is 9.72 Å². The summed E-state index contributed by atoms with van der Waals surface area (Å²) >= 11 is 3.29. The number of nitrogens with one attached hydrogen (secondary N) is 1. The average Bonchev–Trinajstić information content (AvgIpc) is 3.17. The van der Waals surface area contributed by atoms with Crippen molar-refractivity contribution in [2.45, 2.75) is 6.61 Å². The van der Waals surface area contributed by atoms with Gasteiger partial charge in [-0.2, -0.15) is 0 Å². The maximum atomic E-state index is 12.8. The third-order valence-corrected chi connectivity index (χ3v) is 5.04. The van der Waals surface area contributed by atoms with E-state index in [4.69, 9.17) is 4.74 Å². The quantitative estimate of drug-likeness (QED) is 0.650. The second-order valence-electron chi connectivity index (χ2n) is 5.94. The molecule has 5 nitrogen and oxygen atoms in total. The first kappa shape index (κ1) is 16.8. The van der Waals surface area contributed by atoms with E-state index in [9.17, 15) is 9.59 Å². The number of hydrogen-bond donors (Lipinski definition) is 1. The minimum Gasteiger partial charge on any atom is -0.361 e. The Morgan fingerprint density at radius 3 is 2.50 bits per heavy atom. The van der Waals surface area contributed by atoms with Crippen LogP contribution in [0.5, 0.6) is 0 Å². The smallest absolute Gasteiger partial charge is 0.270 e. The Morgan fingerprint density at radius 1 is 0.962 bits per heavy atom. The van der Waals surface area contributed by atoms with Gasteiger partial charge in [-0.15, -0.1) is 0 Å². The van der Waals surface area contributed by atoms with Crippen molar-refractivity contribution in [2.24, 2.45) is 0 Å². The molecule has 1 aliphatic rings. The molecule has 0 radical (unpaired) electrons. The SMILES string of the molecule is O=C1C(Br)=C(c2c[nH]c3ccccc23)C(=O)N1COCc1ccccc1. The summed E-state index contributed by atoms with van der Waals surface area (Å²) in [6, 6.07) is 17.3. The van der Waals surface area contributed by atoms with E-state index < -0.39 is 0 Å². The Balaban J connectivity index is 1.54. The Morgan fingerprint density at radius 2 is 1.69 bits per heavy atom. The summed E-state index contributed by atoms with van der Waals surface area (Å²) in [5, 5.41) is 0.896. The molecule has 26 heavy (non-hydrogen) atoms. The number of H-pyrrole nitrogens is 1. The molecule has 6 heteroatoms. The van der Waals surface area contributed by atoms with Crippen LogP contribution in [0.2, 0.25) is 0 Å². The Hall–Kier alpha value is -2.70. The van der Waals surface area contributed by atoms with E-state index >= 15 is 0 Å². The van der Waals surface area contributed by atoms with Gasteiger partial charge in [-0.25, -0.2) is 4.90 Å². The number of aromatic amines is 1. The molecule has 2 amide bonds. The molecule has 130 valence electrons. The number of carbonyl (C=O) groups is 2. The number of para-hydroxylation sites is 1. The summed E-state index contributed by atoms with van der Waals surface area (Å²) in [7, 11) is 0. The van der Waals surface area contributed by atoms with E-state index in [2.05, 4.69) is 20.9 Å². The van der Waals surface area contributed by atoms with Gasteiger partial charge in [0.15, 0.2) is 0 Å². The van der Waals surface area contributed by atoms with Crippen molar-refractivity contribution in [3.63, 3.8) is 0 Å². The van der Waals surface area contributed by atoms with Gasteiger partial charge in [0.25, 0.3) is 11.8 Å². The zero-order valence-corrected chi connectivity index (χ0v) is 15.3. The van der Waals surface area contributed by atoms with E-state index in [0.717, 1.165) is 21.4 Å². The number of benzene rings is 2. The fraction of sp³-hybridized carbons (Fsp3) is 0.100. The van der Waals surface area contributed by atoms with E-state index in [0.29, 0.717) is 17.7 Å². The zero-order chi connectivity index (χ0) is 18.1. The molecular weight excluding hydrogens is 396 g/mol. The van der Waals surface area contributed by atoms with Crippen LogP contribution < -0.4 is 0 Å². The van der Waals surface area contributed by atoms with E-state index in [1.54, 1.807) is 6.20 Å². The molecule has 0 spiro atoms. The minimum absolute atomic E-state index is 0.0898. The van der Waals surface area contributed by atoms with Gasteiger partial charge in [-0.1, -0.05) is 48.5 Å². The number of hydrogen-bond acceptors (Lipinski definition) is 3. The standard InChI is InChI=1S/C20H15BrN2O3/c21-18-17(15-10-22-16-9-5-4-8-14(15)16)19(24)23(20(18)25)12-26-11-13-6-2-1-3-7-13/h1-10,22H,11-12H2. The lowest BCUT2D eigenvalue weighted by Gasteiger charge is -2.15. The summed E-state index contributed by atoms with van der Waals surface area (Å²) in [6.07, 6.45) is 1.75. The van der Waals surface area contributed by atoms with Crippen LogP contribution in [0.3, 0.4) is 0 Å². The van der Waals surface area contributed by atoms with Crippen LogP contribution in [0.1, 0.15) is 11.1 Å². The van der Waals surface area contributed by atoms with Gasteiger partial charge in [0.05, 0.1) is 16.7 Å². The van der Waals surface area contributed by atoms with Crippen LogP contribution in [-0.2, 0) is 20.9 Å². The molecule has 1 aromatic heterocycles. The van der Waals surface area contributed by atoms with Gasteiger partial charge in [0.1, 0.15) is 6.73 Å². The second-order valence-corrected chi connectivity index (χ2v) is 6.73. The monoisotopic (exact) mass is 410 g/mol. The number of halogens is 1. The van der Waals surface area contributed by atoms with Gasteiger partial charge in [0.2, 0.25) is 0 Å². The number of carbonyl (C=O) groups excluding carboxylic acids is 2. The van der Waals surface area contributed by atoms with Crippen LogP contribution >= 0.6 is 15.9 Å². The fourth-order valence-electron chi connectivity index (χ4n) is 3.00. The van der Waals surface area contributed by atoms with Crippen molar-refractivity contribution in [3.8, 4) is 0 Å². The van der Waals surface area contributed by atoms with Gasteiger partial charge in [-0.3, -0.25) is 9.59 Å². The highest BCUT2D eigenvalue weighted by Gasteiger charge is 2.38. The lowest BCUT2D eigenvalue weighted by Crippen LogP contribution is -2.33. The lowest BCUT2D eigenvalue weighted by molar-refractivity contribution is -0.143. The van der Waals surface area contributed by atoms with E-state index in [1.807, 2.05) is 54.6 Å². The number of imide groups is 1. The topological polar surface area (TPSA) is 62.4 Å². The molecule has 3 aromatic rings. The summed E-state index contributed by atoms with van der Waals surface area (Å²) < 4.78 is 5.83. The largest absolute Gasteiger partial charge is 0.361 e. The molecule has 0 aliphatic carbocycles. The van der Waals surface area contributed by atoms with Crippen LogP contribution in [0.15, 0.2) is 65.3 Å². The van der Waals surface area contributed by atoms with E-state index in [1.165, 1.54) is 0 Å². The van der Waals surface area contributed by atoms with Gasteiger partial charge in [0, 0.05) is 22.7 Å². The molecule has 0 fully saturated rings. The van der Waals surface area contributed by atoms with Crippen LogP contribution in [0.4, 0.5) is 0 Å². The predicted octanol–water partition coefficient (Wildman–Crippen LogP) is 3.82. The Labute approximate surface area is 158 Å². The molecular formula is C20H15BrN2O3. The second kappa shape index (κ2) is 6.90. The van der Waals surface area contributed by atoms with Crippen LogP contribution in [0.25, 0.3) is 16.5 Å². The predicted molar refractivity (Wildman–Crippen MR) is 102 cm³/mol. The number of amides is 2. The van der Waals surface area contributed by atoms with Crippen molar-refractivity contribution >= 4 is 44.2 Å². The number of nitrogens with zero attached hydrogens (tertiary/aromatic N) is 1. The molecule has 4 rings (SSSR count). The molecule has 2 aromatic carbocycles. The zero-order valence-electron chi connectivity index (χ0n) is 13.7. The van der Waals surface area contributed by atoms with Crippen LogP contribution in [-0.4, -0.2) is 28.4 Å². The first-order valence-corrected chi connectivity index (χ1v) is 8.90. The van der Waals surface area contributed by atoms with Crippen molar-refractivity contribution in [3.05, 3.63) is 76.4 Å². The molecule has 0 atom stereocenters. The van der Waals surface area contributed by atoms with Crippen molar-refractivity contribution in [1.82, 2.24) is 9.88 Å². The highest BCUT2D eigenvalue weighted by atomic mass is 79.9. The molecule has 0 bridgehead atoms. The van der Waals surface area contributed by atoms with E-state index in [-0.39, 0.29) is 23.0 Å². The third kappa shape index (κ3) is 2.87.